The summed E-state index contributed by atoms with van der Waals surface area (Å²) >= 11 is 0. The van der Waals surface area contributed by atoms with Crippen LogP contribution in [-0.2, 0) is 0 Å². The molecule has 2 amide bonds. The molecular formula is C17H24N2O2. The molecule has 2 aliphatic heterocycles. The highest BCUT2D eigenvalue weighted by Gasteiger charge is 2.27. The van der Waals surface area contributed by atoms with Crippen LogP contribution in [0.5, 0.6) is 5.75 Å². The van der Waals surface area contributed by atoms with Crippen molar-refractivity contribution in [3.05, 3.63) is 29.8 Å². The third kappa shape index (κ3) is 3.14. The number of hydrogen-bond acceptors (Lipinski definition) is 2. The maximum atomic E-state index is 12.6. The summed E-state index contributed by atoms with van der Waals surface area (Å²) in [7, 11) is 0. The molecular weight excluding hydrogens is 264 g/mol. The molecule has 4 nitrogen and oxygen atoms in total. The van der Waals surface area contributed by atoms with Crippen LogP contribution in [0, 0.1) is 0 Å². The summed E-state index contributed by atoms with van der Waals surface area (Å²) in [4.78, 5) is 14.6. The highest BCUT2D eigenvalue weighted by molar-refractivity contribution is 5.75. The molecule has 0 aromatic heterocycles. The second kappa shape index (κ2) is 6.37. The smallest absolute Gasteiger partial charge is 0.318 e. The fourth-order valence-corrected chi connectivity index (χ4v) is 3.31. The molecule has 0 radical (unpaired) electrons. The SMILES string of the molecule is CC1CCCCN1C(=O)NC1CCCOc2ccccc21. The zero-order valence-corrected chi connectivity index (χ0v) is 12.7. The van der Waals surface area contributed by atoms with Crippen molar-refractivity contribution in [2.24, 2.45) is 0 Å². The molecule has 2 heterocycles. The van der Waals surface area contributed by atoms with Crippen LogP contribution >= 0.6 is 0 Å². The number of likely N-dealkylation sites (tertiary alicyclic amines) is 1. The first-order valence-electron chi connectivity index (χ1n) is 8.04. The molecule has 1 fully saturated rings. The summed E-state index contributed by atoms with van der Waals surface area (Å²) in [6.07, 6.45) is 5.35. The lowest BCUT2D eigenvalue weighted by molar-refractivity contribution is 0.154. The Morgan fingerprint density at radius 2 is 2.10 bits per heavy atom. The second-order valence-corrected chi connectivity index (χ2v) is 6.07. The number of piperidine rings is 1. The van der Waals surface area contributed by atoms with Crippen molar-refractivity contribution in [2.45, 2.75) is 51.1 Å². The lowest BCUT2D eigenvalue weighted by atomic mass is 10.0. The standard InChI is InChI=1S/C17H24N2O2/c1-13-7-4-5-11-19(13)17(20)18-15-9-6-12-21-16-10-3-2-8-14(15)16/h2-3,8,10,13,15H,4-7,9,11-12H2,1H3,(H,18,20). The number of hydrogen-bond donors (Lipinski definition) is 1. The first-order chi connectivity index (χ1) is 10.3. The number of nitrogens with zero attached hydrogens (tertiary/aromatic N) is 1. The molecule has 4 heteroatoms. The van der Waals surface area contributed by atoms with E-state index in [1.54, 1.807) is 0 Å². The maximum absolute atomic E-state index is 12.6. The first-order valence-corrected chi connectivity index (χ1v) is 8.04. The highest BCUT2D eigenvalue weighted by Crippen LogP contribution is 2.31. The van der Waals surface area contributed by atoms with Gasteiger partial charge < -0.3 is 15.0 Å². The second-order valence-electron chi connectivity index (χ2n) is 6.07. The predicted octanol–water partition coefficient (Wildman–Crippen LogP) is 3.48. The fourth-order valence-electron chi connectivity index (χ4n) is 3.31. The van der Waals surface area contributed by atoms with Gasteiger partial charge in [-0.1, -0.05) is 18.2 Å². The van der Waals surface area contributed by atoms with Gasteiger partial charge in [0.25, 0.3) is 0 Å². The van der Waals surface area contributed by atoms with Crippen molar-refractivity contribution in [2.75, 3.05) is 13.2 Å². The number of carbonyl (C=O) groups excluding carboxylic acids is 1. The Bertz CT molecular complexity index is 503. The summed E-state index contributed by atoms with van der Waals surface area (Å²) in [6.45, 7) is 3.74. The third-order valence-corrected chi connectivity index (χ3v) is 4.55. The number of amides is 2. The van der Waals surface area contributed by atoms with Gasteiger partial charge in [0, 0.05) is 18.2 Å². The van der Waals surface area contributed by atoms with Crippen LogP contribution in [0.3, 0.4) is 0 Å². The van der Waals surface area contributed by atoms with Gasteiger partial charge in [-0.15, -0.1) is 0 Å². The quantitative estimate of drug-likeness (QED) is 0.859. The van der Waals surface area contributed by atoms with Gasteiger partial charge in [-0.25, -0.2) is 4.79 Å². The molecule has 0 aliphatic carbocycles. The summed E-state index contributed by atoms with van der Waals surface area (Å²) < 4.78 is 5.76. The van der Waals surface area contributed by atoms with E-state index >= 15 is 0 Å². The molecule has 1 aromatic carbocycles. The number of benzene rings is 1. The molecule has 21 heavy (non-hydrogen) atoms. The number of para-hydroxylation sites is 1. The van der Waals surface area contributed by atoms with Crippen LogP contribution in [0.15, 0.2) is 24.3 Å². The number of fused-ring (bicyclic) bond motifs is 1. The van der Waals surface area contributed by atoms with Crippen molar-refractivity contribution in [1.82, 2.24) is 10.2 Å². The molecule has 0 bridgehead atoms. The molecule has 2 aliphatic rings. The molecule has 0 spiro atoms. The lowest BCUT2D eigenvalue weighted by Crippen LogP contribution is -2.48. The van der Waals surface area contributed by atoms with Crippen molar-refractivity contribution in [3.8, 4) is 5.75 Å². The molecule has 114 valence electrons. The third-order valence-electron chi connectivity index (χ3n) is 4.55. The van der Waals surface area contributed by atoms with Crippen LogP contribution in [0.4, 0.5) is 4.79 Å². The summed E-state index contributed by atoms with van der Waals surface area (Å²) in [5.74, 6) is 0.909. The summed E-state index contributed by atoms with van der Waals surface area (Å²) in [5.41, 5.74) is 1.10. The first kappa shape index (κ1) is 14.2. The number of urea groups is 1. The van der Waals surface area contributed by atoms with Crippen LogP contribution in [0.2, 0.25) is 0 Å². The molecule has 1 aromatic rings. The van der Waals surface area contributed by atoms with Gasteiger partial charge in [-0.3, -0.25) is 0 Å². The number of ether oxygens (including phenoxy) is 1. The monoisotopic (exact) mass is 288 g/mol. The lowest BCUT2D eigenvalue weighted by Gasteiger charge is -2.34. The Morgan fingerprint density at radius 1 is 1.24 bits per heavy atom. The number of nitrogens with one attached hydrogen (secondary N) is 1. The summed E-state index contributed by atoms with van der Waals surface area (Å²) in [5, 5.41) is 3.22. The van der Waals surface area contributed by atoms with Gasteiger partial charge in [-0.2, -0.15) is 0 Å². The topological polar surface area (TPSA) is 41.6 Å². The average Bonchev–Trinajstić information content (AvgIpc) is 2.70. The Kier molecular flexibility index (Phi) is 4.32. The van der Waals surface area contributed by atoms with Crippen LogP contribution in [0.25, 0.3) is 0 Å². The van der Waals surface area contributed by atoms with Gasteiger partial charge in [-0.05, 0) is 45.1 Å². The van der Waals surface area contributed by atoms with Crippen molar-refractivity contribution >= 4 is 6.03 Å². The highest BCUT2D eigenvalue weighted by atomic mass is 16.5. The normalized spacial score (nSPS) is 25.5. The molecule has 2 atom stereocenters. The van der Waals surface area contributed by atoms with Crippen LogP contribution in [0.1, 0.15) is 50.6 Å². The molecule has 1 N–H and O–H groups in total. The Hall–Kier alpha value is -1.71. The minimum absolute atomic E-state index is 0.0605. The summed E-state index contributed by atoms with van der Waals surface area (Å²) in [6, 6.07) is 8.52. The van der Waals surface area contributed by atoms with Crippen LogP contribution in [-0.4, -0.2) is 30.1 Å². The van der Waals surface area contributed by atoms with Crippen molar-refractivity contribution in [1.29, 1.82) is 0 Å². The van der Waals surface area contributed by atoms with Gasteiger partial charge >= 0.3 is 6.03 Å². The van der Waals surface area contributed by atoms with E-state index in [1.807, 2.05) is 23.1 Å². The molecule has 1 saturated heterocycles. The number of rotatable bonds is 1. The Balaban J connectivity index is 1.73. The Morgan fingerprint density at radius 3 is 2.95 bits per heavy atom. The van der Waals surface area contributed by atoms with Gasteiger partial charge in [0.1, 0.15) is 5.75 Å². The van der Waals surface area contributed by atoms with Gasteiger partial charge in [0.2, 0.25) is 0 Å². The molecule has 2 unspecified atom stereocenters. The van der Waals surface area contributed by atoms with E-state index < -0.39 is 0 Å². The van der Waals surface area contributed by atoms with Gasteiger partial charge in [0.05, 0.1) is 12.6 Å². The zero-order chi connectivity index (χ0) is 14.7. The van der Waals surface area contributed by atoms with E-state index in [4.69, 9.17) is 4.74 Å². The Labute approximate surface area is 126 Å². The van der Waals surface area contributed by atoms with Crippen LogP contribution < -0.4 is 10.1 Å². The van der Waals surface area contributed by atoms with Gasteiger partial charge in [0.15, 0.2) is 0 Å². The number of carbonyl (C=O) groups is 1. The van der Waals surface area contributed by atoms with E-state index in [9.17, 15) is 4.79 Å². The van der Waals surface area contributed by atoms with E-state index in [1.165, 1.54) is 6.42 Å². The fraction of sp³-hybridized carbons (Fsp3) is 0.588. The average molecular weight is 288 g/mol. The largest absolute Gasteiger partial charge is 0.493 e. The van der Waals surface area contributed by atoms with E-state index in [2.05, 4.69) is 18.3 Å². The van der Waals surface area contributed by atoms with E-state index in [-0.39, 0.29) is 12.1 Å². The predicted molar refractivity (Wildman–Crippen MR) is 82.5 cm³/mol. The maximum Gasteiger partial charge on any atom is 0.318 e. The molecule has 0 saturated carbocycles. The van der Waals surface area contributed by atoms with Crippen molar-refractivity contribution in [3.63, 3.8) is 0 Å². The van der Waals surface area contributed by atoms with Crippen molar-refractivity contribution < 1.29 is 9.53 Å². The minimum atomic E-state index is 0.0605. The molecule has 3 rings (SSSR count). The zero-order valence-electron chi connectivity index (χ0n) is 12.7. The van der Waals surface area contributed by atoms with E-state index in [0.29, 0.717) is 6.04 Å². The minimum Gasteiger partial charge on any atom is -0.493 e. The van der Waals surface area contributed by atoms with E-state index in [0.717, 1.165) is 50.1 Å².